The fourth-order valence-corrected chi connectivity index (χ4v) is 2.65. The minimum absolute atomic E-state index is 0.0939. The van der Waals surface area contributed by atoms with Crippen molar-refractivity contribution in [1.29, 1.82) is 0 Å². The molecule has 2 saturated heterocycles. The number of fused-ring (bicyclic) bond motifs is 3. The van der Waals surface area contributed by atoms with Crippen molar-refractivity contribution in [2.24, 2.45) is 11.3 Å². The van der Waals surface area contributed by atoms with Crippen LogP contribution < -0.4 is 0 Å². The SMILES string of the molecule is C#CC12CCC(C(C)C)(CC1)OC2. The number of terminal acetylenes is 1. The Hall–Kier alpha value is -0.480. The van der Waals surface area contributed by atoms with Crippen molar-refractivity contribution in [1.82, 2.24) is 0 Å². The molecule has 13 heavy (non-hydrogen) atoms. The summed E-state index contributed by atoms with van der Waals surface area (Å²) in [5.41, 5.74) is 0.259. The zero-order chi connectivity index (χ0) is 9.53. The van der Waals surface area contributed by atoms with Crippen molar-refractivity contribution < 1.29 is 4.74 Å². The molecule has 3 rings (SSSR count). The van der Waals surface area contributed by atoms with Crippen LogP contribution in [-0.4, -0.2) is 12.2 Å². The summed E-state index contributed by atoms with van der Waals surface area (Å²) in [7, 11) is 0. The Balaban J connectivity index is 2.17. The minimum atomic E-state index is 0.0939. The standard InChI is InChI=1S/C12H18O/c1-4-11-5-7-12(8-6-11,10(2)3)13-9-11/h1,10H,5-9H2,2-3H3. The molecule has 72 valence electrons. The summed E-state index contributed by atoms with van der Waals surface area (Å²) >= 11 is 0. The lowest BCUT2D eigenvalue weighted by molar-refractivity contribution is -0.186. The molecule has 2 bridgehead atoms. The lowest BCUT2D eigenvalue weighted by Crippen LogP contribution is -2.53. The lowest BCUT2D eigenvalue weighted by Gasteiger charge is -2.53. The van der Waals surface area contributed by atoms with Gasteiger partial charge in [-0.3, -0.25) is 0 Å². The van der Waals surface area contributed by atoms with Crippen LogP contribution in [0, 0.1) is 23.7 Å². The highest BCUT2D eigenvalue weighted by Crippen LogP contribution is 2.51. The molecule has 0 amide bonds. The Morgan fingerprint density at radius 3 is 2.15 bits per heavy atom. The first-order chi connectivity index (χ1) is 6.13. The molecule has 0 unspecified atom stereocenters. The molecule has 2 heterocycles. The van der Waals surface area contributed by atoms with Gasteiger partial charge in [0.15, 0.2) is 0 Å². The predicted octanol–water partition coefficient (Wildman–Crippen LogP) is 2.61. The van der Waals surface area contributed by atoms with Crippen LogP contribution in [-0.2, 0) is 4.74 Å². The molecular weight excluding hydrogens is 160 g/mol. The molecule has 1 aliphatic carbocycles. The summed E-state index contributed by atoms with van der Waals surface area (Å²) in [6.07, 6.45) is 10.2. The molecule has 0 radical (unpaired) electrons. The van der Waals surface area contributed by atoms with Crippen LogP contribution >= 0.6 is 0 Å². The summed E-state index contributed by atoms with van der Waals surface area (Å²) in [6, 6.07) is 0. The molecule has 3 aliphatic rings. The molecule has 0 spiro atoms. The maximum absolute atomic E-state index is 5.98. The highest BCUT2D eigenvalue weighted by Gasteiger charge is 2.50. The van der Waals surface area contributed by atoms with Gasteiger partial charge in [-0.25, -0.2) is 0 Å². The van der Waals surface area contributed by atoms with Gasteiger partial charge in [0.05, 0.1) is 17.6 Å². The Morgan fingerprint density at radius 2 is 1.85 bits per heavy atom. The van der Waals surface area contributed by atoms with Crippen LogP contribution in [0.15, 0.2) is 0 Å². The summed E-state index contributed by atoms with van der Waals surface area (Å²) < 4.78 is 5.98. The first-order valence-corrected chi connectivity index (χ1v) is 5.24. The van der Waals surface area contributed by atoms with Gasteiger partial charge in [-0.15, -0.1) is 6.42 Å². The van der Waals surface area contributed by atoms with Crippen molar-refractivity contribution >= 4 is 0 Å². The molecule has 0 N–H and O–H groups in total. The van der Waals surface area contributed by atoms with Gasteiger partial charge in [0.25, 0.3) is 0 Å². The van der Waals surface area contributed by atoms with E-state index in [-0.39, 0.29) is 11.0 Å². The van der Waals surface area contributed by atoms with E-state index in [2.05, 4.69) is 19.8 Å². The van der Waals surface area contributed by atoms with E-state index in [4.69, 9.17) is 11.2 Å². The van der Waals surface area contributed by atoms with E-state index in [9.17, 15) is 0 Å². The third kappa shape index (κ3) is 1.20. The molecule has 0 aromatic rings. The van der Waals surface area contributed by atoms with Crippen LogP contribution in [0.4, 0.5) is 0 Å². The largest absolute Gasteiger partial charge is 0.373 e. The molecular formula is C12H18O. The molecule has 0 aromatic heterocycles. The first-order valence-electron chi connectivity index (χ1n) is 5.24. The Labute approximate surface area is 80.9 Å². The van der Waals surface area contributed by atoms with E-state index < -0.39 is 0 Å². The van der Waals surface area contributed by atoms with Gasteiger partial charge < -0.3 is 4.74 Å². The molecule has 2 aliphatic heterocycles. The van der Waals surface area contributed by atoms with Gasteiger partial charge >= 0.3 is 0 Å². The first kappa shape index (κ1) is 9.09. The van der Waals surface area contributed by atoms with E-state index in [1.165, 1.54) is 12.8 Å². The van der Waals surface area contributed by atoms with Gasteiger partial charge in [-0.05, 0) is 31.6 Å². The van der Waals surface area contributed by atoms with E-state index >= 15 is 0 Å². The second kappa shape index (κ2) is 2.75. The maximum Gasteiger partial charge on any atom is 0.0707 e. The second-order valence-electron chi connectivity index (χ2n) is 4.93. The van der Waals surface area contributed by atoms with E-state index in [1.54, 1.807) is 0 Å². The normalized spacial score (nSPS) is 43.5. The van der Waals surface area contributed by atoms with Crippen molar-refractivity contribution in [3.8, 4) is 12.3 Å². The fourth-order valence-electron chi connectivity index (χ4n) is 2.65. The van der Waals surface area contributed by atoms with Crippen LogP contribution in [0.2, 0.25) is 0 Å². The van der Waals surface area contributed by atoms with Gasteiger partial charge in [-0.1, -0.05) is 19.8 Å². The van der Waals surface area contributed by atoms with Crippen molar-refractivity contribution in [2.75, 3.05) is 6.61 Å². The molecule has 1 saturated carbocycles. The summed E-state index contributed by atoms with van der Waals surface area (Å²) in [5, 5.41) is 0. The van der Waals surface area contributed by atoms with Crippen molar-refractivity contribution in [3.05, 3.63) is 0 Å². The Bertz CT molecular complexity index is 222. The number of hydrogen-bond acceptors (Lipinski definition) is 1. The zero-order valence-electron chi connectivity index (χ0n) is 8.60. The second-order valence-corrected chi connectivity index (χ2v) is 4.93. The molecule has 0 aromatic carbocycles. The highest BCUT2D eigenvalue weighted by molar-refractivity contribution is 5.13. The smallest absolute Gasteiger partial charge is 0.0707 e. The van der Waals surface area contributed by atoms with E-state index in [0.29, 0.717) is 5.92 Å². The van der Waals surface area contributed by atoms with Gasteiger partial charge in [0.2, 0.25) is 0 Å². The number of rotatable bonds is 1. The average Bonchev–Trinajstić information content (AvgIpc) is 2.20. The zero-order valence-corrected chi connectivity index (χ0v) is 8.60. The predicted molar refractivity (Wildman–Crippen MR) is 53.3 cm³/mol. The van der Waals surface area contributed by atoms with Gasteiger partial charge in [0, 0.05) is 0 Å². The summed E-state index contributed by atoms with van der Waals surface area (Å²) in [5.74, 6) is 3.56. The maximum atomic E-state index is 5.98. The third-order valence-corrected chi connectivity index (χ3v) is 4.05. The van der Waals surface area contributed by atoms with E-state index in [1.807, 2.05) is 0 Å². The Morgan fingerprint density at radius 1 is 1.23 bits per heavy atom. The van der Waals surface area contributed by atoms with Crippen molar-refractivity contribution in [3.63, 3.8) is 0 Å². The monoisotopic (exact) mass is 178 g/mol. The van der Waals surface area contributed by atoms with Crippen LogP contribution in [0.3, 0.4) is 0 Å². The molecule has 1 nitrogen and oxygen atoms in total. The minimum Gasteiger partial charge on any atom is -0.373 e. The Kier molecular flexibility index (Phi) is 1.92. The van der Waals surface area contributed by atoms with Gasteiger partial charge in [0.1, 0.15) is 0 Å². The van der Waals surface area contributed by atoms with Crippen LogP contribution in [0.1, 0.15) is 39.5 Å². The third-order valence-electron chi connectivity index (χ3n) is 4.05. The van der Waals surface area contributed by atoms with Gasteiger partial charge in [-0.2, -0.15) is 0 Å². The van der Waals surface area contributed by atoms with Crippen molar-refractivity contribution in [2.45, 2.75) is 45.1 Å². The van der Waals surface area contributed by atoms with Crippen LogP contribution in [0.25, 0.3) is 0 Å². The number of hydrogen-bond donors (Lipinski definition) is 0. The van der Waals surface area contributed by atoms with E-state index in [0.717, 1.165) is 19.4 Å². The topological polar surface area (TPSA) is 9.23 Å². The summed E-state index contributed by atoms with van der Waals surface area (Å²) in [6.45, 7) is 5.31. The summed E-state index contributed by atoms with van der Waals surface area (Å²) in [4.78, 5) is 0. The molecule has 3 fully saturated rings. The number of ether oxygens (including phenoxy) is 1. The molecule has 1 heteroatoms. The molecule has 0 atom stereocenters. The van der Waals surface area contributed by atoms with Crippen LogP contribution in [0.5, 0.6) is 0 Å². The fraction of sp³-hybridized carbons (Fsp3) is 0.833. The quantitative estimate of drug-likeness (QED) is 0.561. The highest BCUT2D eigenvalue weighted by atomic mass is 16.5. The lowest BCUT2D eigenvalue weighted by atomic mass is 9.63. The average molecular weight is 178 g/mol.